The summed E-state index contributed by atoms with van der Waals surface area (Å²) in [5, 5.41) is 5.77. The predicted octanol–water partition coefficient (Wildman–Crippen LogP) is 2.75. The number of H-pyrrole nitrogens is 1. The molecule has 1 aromatic heterocycles. The van der Waals surface area contributed by atoms with Crippen LogP contribution in [-0.4, -0.2) is 108 Å². The summed E-state index contributed by atoms with van der Waals surface area (Å²) in [6.07, 6.45) is 7.00. The Kier molecular flexibility index (Phi) is 8.32. The number of aromatic nitrogens is 1. The zero-order valence-electron chi connectivity index (χ0n) is 22.4. The molecule has 0 radical (unpaired) electrons. The fourth-order valence-electron chi connectivity index (χ4n) is 6.09. The highest BCUT2D eigenvalue weighted by atomic mass is 16.7. The Hall–Kier alpha value is -2.62. The Bertz CT molecular complexity index is 1070. The van der Waals surface area contributed by atoms with Crippen LogP contribution >= 0.6 is 0 Å². The number of aromatic amines is 1. The predicted molar refractivity (Wildman–Crippen MR) is 144 cm³/mol. The SMILES string of the molecule is Cc1cc(CC(NC(=O)ON2CCCCC2)C(=O)N2CCC(N3CCN(C)CC3)CC2)cc2cc[nH]c12. The molecule has 9 heteroatoms. The quantitative estimate of drug-likeness (QED) is 0.622. The fourth-order valence-corrected chi connectivity index (χ4v) is 6.09. The van der Waals surface area contributed by atoms with E-state index in [4.69, 9.17) is 4.84 Å². The van der Waals surface area contributed by atoms with Gasteiger partial charge in [0.05, 0.1) is 0 Å². The lowest BCUT2D eigenvalue weighted by Crippen LogP contribution is -2.56. The highest BCUT2D eigenvalue weighted by molar-refractivity contribution is 5.87. The van der Waals surface area contributed by atoms with Crippen molar-refractivity contribution in [3.63, 3.8) is 0 Å². The second-order valence-corrected chi connectivity index (χ2v) is 11.0. The number of hydrogen-bond acceptors (Lipinski definition) is 6. The Morgan fingerprint density at radius 1 is 1.03 bits per heavy atom. The number of hydrogen-bond donors (Lipinski definition) is 2. The minimum absolute atomic E-state index is 0.0146. The van der Waals surface area contributed by atoms with Gasteiger partial charge in [-0.3, -0.25) is 9.69 Å². The van der Waals surface area contributed by atoms with Crippen molar-refractivity contribution < 1.29 is 14.4 Å². The minimum atomic E-state index is -0.659. The van der Waals surface area contributed by atoms with Gasteiger partial charge in [0.2, 0.25) is 5.91 Å². The van der Waals surface area contributed by atoms with Gasteiger partial charge in [0.1, 0.15) is 6.04 Å². The normalized spacial score (nSPS) is 21.7. The topological polar surface area (TPSA) is 84.2 Å². The third-order valence-corrected chi connectivity index (χ3v) is 8.30. The van der Waals surface area contributed by atoms with Gasteiger partial charge in [-0.15, -0.1) is 5.06 Å². The minimum Gasteiger partial charge on any atom is -0.361 e. The molecule has 0 spiro atoms. The van der Waals surface area contributed by atoms with Crippen LogP contribution in [0.1, 0.15) is 43.2 Å². The van der Waals surface area contributed by atoms with Gasteiger partial charge >= 0.3 is 6.09 Å². The number of amides is 2. The molecule has 3 aliphatic rings. The number of rotatable bonds is 6. The van der Waals surface area contributed by atoms with Crippen LogP contribution in [0.2, 0.25) is 0 Å². The summed E-state index contributed by atoms with van der Waals surface area (Å²) in [7, 11) is 2.18. The van der Waals surface area contributed by atoms with Crippen molar-refractivity contribution in [1.29, 1.82) is 0 Å². The number of benzene rings is 1. The van der Waals surface area contributed by atoms with Gasteiger partial charge in [-0.1, -0.05) is 12.5 Å². The van der Waals surface area contributed by atoms with E-state index >= 15 is 0 Å². The van der Waals surface area contributed by atoms with Crippen LogP contribution in [0.5, 0.6) is 0 Å². The molecule has 3 fully saturated rings. The van der Waals surface area contributed by atoms with Gasteiger partial charge in [0.25, 0.3) is 0 Å². The molecule has 37 heavy (non-hydrogen) atoms. The van der Waals surface area contributed by atoms with Gasteiger partial charge in [-0.05, 0) is 68.3 Å². The molecule has 0 bridgehead atoms. The molecule has 0 saturated carbocycles. The number of carbonyl (C=O) groups is 2. The third-order valence-electron chi connectivity index (χ3n) is 8.30. The average Bonchev–Trinajstić information content (AvgIpc) is 3.38. The molecule has 2 amide bonds. The number of piperazine rings is 1. The fraction of sp³-hybridized carbons (Fsp3) is 0.643. The molecule has 0 aliphatic carbocycles. The van der Waals surface area contributed by atoms with Crippen LogP contribution < -0.4 is 5.32 Å². The molecule has 1 aromatic carbocycles. The Morgan fingerprint density at radius 3 is 2.49 bits per heavy atom. The summed E-state index contributed by atoms with van der Waals surface area (Å²) in [5.41, 5.74) is 3.27. The maximum atomic E-state index is 13.8. The Labute approximate surface area is 220 Å². The van der Waals surface area contributed by atoms with Crippen LogP contribution in [0, 0.1) is 6.92 Å². The number of piperidine rings is 2. The smallest absolute Gasteiger partial charge is 0.361 e. The summed E-state index contributed by atoms with van der Waals surface area (Å²) in [5.74, 6) is -0.0146. The molecule has 4 heterocycles. The van der Waals surface area contributed by atoms with E-state index < -0.39 is 12.1 Å². The number of fused-ring (bicyclic) bond motifs is 1. The van der Waals surface area contributed by atoms with Crippen LogP contribution in [-0.2, 0) is 16.1 Å². The maximum Gasteiger partial charge on any atom is 0.426 e. The zero-order valence-corrected chi connectivity index (χ0v) is 22.4. The van der Waals surface area contributed by atoms with Crippen molar-refractivity contribution in [3.8, 4) is 0 Å². The maximum absolute atomic E-state index is 13.8. The Morgan fingerprint density at radius 2 is 1.76 bits per heavy atom. The number of nitrogens with zero attached hydrogens (tertiary/aromatic N) is 4. The van der Waals surface area contributed by atoms with Gasteiger partial charge in [-0.25, -0.2) is 4.79 Å². The van der Waals surface area contributed by atoms with Crippen molar-refractivity contribution >= 4 is 22.9 Å². The largest absolute Gasteiger partial charge is 0.426 e. The molecule has 5 rings (SSSR count). The van der Waals surface area contributed by atoms with Gasteiger partial charge in [-0.2, -0.15) is 0 Å². The molecule has 202 valence electrons. The summed E-state index contributed by atoms with van der Waals surface area (Å²) in [6.45, 7) is 9.43. The zero-order chi connectivity index (χ0) is 25.8. The lowest BCUT2D eigenvalue weighted by Gasteiger charge is -2.42. The van der Waals surface area contributed by atoms with E-state index in [0.29, 0.717) is 12.5 Å². The molecule has 3 saturated heterocycles. The standard InChI is InChI=1S/C28H42N6O3/c1-21-18-22(19-23-6-9-29-26(21)23)20-25(30-28(36)37-34-10-4-3-5-11-34)27(35)33-12-7-24(8-13-33)32-16-14-31(2)15-17-32/h6,9,18-19,24-25,29H,3-5,7-8,10-17,20H2,1-2H3,(H,30,36). The van der Waals surface area contributed by atoms with Crippen molar-refractivity contribution in [2.45, 2.75) is 57.5 Å². The first-order chi connectivity index (χ1) is 18.0. The van der Waals surface area contributed by atoms with Crippen LogP contribution in [0.25, 0.3) is 10.9 Å². The molecule has 1 atom stereocenters. The highest BCUT2D eigenvalue weighted by Gasteiger charge is 2.33. The average molecular weight is 511 g/mol. The second kappa shape index (κ2) is 11.8. The number of aryl methyl sites for hydroxylation is 1. The molecular weight excluding hydrogens is 468 g/mol. The van der Waals surface area contributed by atoms with Crippen molar-refractivity contribution in [2.24, 2.45) is 0 Å². The van der Waals surface area contributed by atoms with E-state index in [-0.39, 0.29) is 5.91 Å². The van der Waals surface area contributed by atoms with Gasteiger partial charge < -0.3 is 24.9 Å². The van der Waals surface area contributed by atoms with E-state index in [1.165, 1.54) is 0 Å². The lowest BCUT2D eigenvalue weighted by atomic mass is 9.98. The van der Waals surface area contributed by atoms with E-state index in [1.54, 1.807) is 5.06 Å². The van der Waals surface area contributed by atoms with Crippen LogP contribution in [0.15, 0.2) is 24.4 Å². The van der Waals surface area contributed by atoms with Crippen molar-refractivity contribution in [1.82, 2.24) is 30.1 Å². The van der Waals surface area contributed by atoms with Gasteiger partial charge in [0.15, 0.2) is 0 Å². The van der Waals surface area contributed by atoms with Crippen molar-refractivity contribution in [3.05, 3.63) is 35.5 Å². The van der Waals surface area contributed by atoms with Crippen LogP contribution in [0.3, 0.4) is 0 Å². The molecule has 2 aromatic rings. The number of carbonyl (C=O) groups excluding carboxylic acids is 2. The molecule has 9 nitrogen and oxygen atoms in total. The van der Waals surface area contributed by atoms with E-state index in [9.17, 15) is 9.59 Å². The third kappa shape index (κ3) is 6.45. The molecular formula is C28H42N6O3. The van der Waals surface area contributed by atoms with E-state index in [2.05, 4.69) is 46.2 Å². The number of nitrogens with one attached hydrogen (secondary N) is 2. The lowest BCUT2D eigenvalue weighted by molar-refractivity contribution is -0.136. The molecule has 1 unspecified atom stereocenters. The van der Waals surface area contributed by atoms with Crippen LogP contribution in [0.4, 0.5) is 4.79 Å². The number of hydroxylamine groups is 2. The molecule has 2 N–H and O–H groups in total. The first kappa shape index (κ1) is 26.0. The van der Waals surface area contributed by atoms with Crippen molar-refractivity contribution in [2.75, 3.05) is 59.4 Å². The monoisotopic (exact) mass is 510 g/mol. The summed E-state index contributed by atoms with van der Waals surface area (Å²) < 4.78 is 0. The second-order valence-electron chi connectivity index (χ2n) is 11.0. The molecule has 3 aliphatic heterocycles. The first-order valence-corrected chi connectivity index (χ1v) is 14.0. The number of likely N-dealkylation sites (N-methyl/N-ethyl adjacent to an activating group) is 1. The van der Waals surface area contributed by atoms with Gasteiger partial charge in [0, 0.05) is 76.5 Å². The number of likely N-dealkylation sites (tertiary alicyclic amines) is 1. The van der Waals surface area contributed by atoms with E-state index in [0.717, 1.165) is 106 Å². The Balaban J connectivity index is 1.25. The summed E-state index contributed by atoms with van der Waals surface area (Å²) >= 11 is 0. The van der Waals surface area contributed by atoms with E-state index in [1.807, 2.05) is 17.2 Å². The first-order valence-electron chi connectivity index (χ1n) is 14.0. The summed E-state index contributed by atoms with van der Waals surface area (Å²) in [6, 6.07) is 6.14. The highest BCUT2D eigenvalue weighted by Crippen LogP contribution is 2.22. The summed E-state index contributed by atoms with van der Waals surface area (Å²) in [4.78, 5) is 42.4.